The quantitative estimate of drug-likeness (QED) is 0.820. The lowest BCUT2D eigenvalue weighted by molar-refractivity contribution is -0.115. The van der Waals surface area contributed by atoms with E-state index in [0.29, 0.717) is 21.4 Å². The second kappa shape index (κ2) is 7.88. The van der Waals surface area contributed by atoms with E-state index < -0.39 is 15.9 Å². The molecule has 1 N–H and O–H groups in total. The fraction of sp³-hybridized carbons (Fsp3) is 0.188. The molecule has 0 atom stereocenters. The maximum absolute atomic E-state index is 12.3. The summed E-state index contributed by atoms with van der Waals surface area (Å²) in [6.07, 6.45) is -0.192. The van der Waals surface area contributed by atoms with Crippen molar-refractivity contribution in [1.82, 2.24) is 0 Å². The van der Waals surface area contributed by atoms with Gasteiger partial charge in [-0.3, -0.25) is 9.10 Å². The van der Waals surface area contributed by atoms with Gasteiger partial charge in [0.1, 0.15) is 0 Å². The van der Waals surface area contributed by atoms with Crippen molar-refractivity contribution in [2.24, 2.45) is 0 Å². The lowest BCUT2D eigenvalue weighted by Crippen LogP contribution is -2.30. The van der Waals surface area contributed by atoms with E-state index in [0.717, 1.165) is 4.31 Å². The van der Waals surface area contributed by atoms with Gasteiger partial charge in [-0.2, -0.15) is 0 Å². The van der Waals surface area contributed by atoms with Crippen LogP contribution >= 0.6 is 23.2 Å². The molecule has 0 spiro atoms. The van der Waals surface area contributed by atoms with Crippen LogP contribution in [0.25, 0.3) is 0 Å². The zero-order chi connectivity index (χ0) is 17.7. The van der Waals surface area contributed by atoms with Gasteiger partial charge >= 0.3 is 0 Å². The largest absolute Gasteiger partial charge is 0.325 e. The van der Waals surface area contributed by atoms with Crippen LogP contribution in [0.1, 0.15) is 6.42 Å². The number of nitrogens with one attached hydrogen (secondary N) is 1. The first-order valence-corrected chi connectivity index (χ1v) is 9.42. The first-order valence-electron chi connectivity index (χ1n) is 7.06. The zero-order valence-electron chi connectivity index (χ0n) is 12.9. The summed E-state index contributed by atoms with van der Waals surface area (Å²) in [5.41, 5.74) is 0.888. The molecule has 0 aliphatic rings. The Kier molecular flexibility index (Phi) is 6.10. The molecule has 0 aliphatic heterocycles. The van der Waals surface area contributed by atoms with Gasteiger partial charge in [-0.05, 0) is 30.3 Å². The number of para-hydroxylation sites is 1. The standard InChI is InChI=1S/C16H16Cl2N2O3S/c1-20(13-5-3-2-4-6-13)24(22,23)10-9-16(21)19-15-11-12(17)7-8-14(15)18/h2-8,11H,9-10H2,1H3,(H,19,21). The molecule has 0 saturated heterocycles. The fourth-order valence-corrected chi connectivity index (χ4v) is 3.46. The van der Waals surface area contributed by atoms with E-state index in [-0.39, 0.29) is 12.2 Å². The van der Waals surface area contributed by atoms with E-state index in [9.17, 15) is 13.2 Å². The summed E-state index contributed by atoms with van der Waals surface area (Å²) in [6.45, 7) is 0. The minimum Gasteiger partial charge on any atom is -0.325 e. The third-order valence-corrected chi connectivity index (χ3v) is 5.66. The Morgan fingerprint density at radius 2 is 1.79 bits per heavy atom. The lowest BCUT2D eigenvalue weighted by atomic mass is 10.3. The van der Waals surface area contributed by atoms with Crippen LogP contribution in [0.4, 0.5) is 11.4 Å². The minimum absolute atomic E-state index is 0.192. The van der Waals surface area contributed by atoms with Crippen molar-refractivity contribution >= 4 is 50.5 Å². The zero-order valence-corrected chi connectivity index (χ0v) is 15.2. The van der Waals surface area contributed by atoms with Crippen molar-refractivity contribution in [1.29, 1.82) is 0 Å². The normalized spacial score (nSPS) is 11.1. The minimum atomic E-state index is -3.61. The molecule has 2 rings (SSSR count). The first-order chi connectivity index (χ1) is 11.3. The predicted octanol–water partition coefficient (Wildman–Crippen LogP) is 3.79. The van der Waals surface area contributed by atoms with Gasteiger partial charge in [0.25, 0.3) is 0 Å². The highest BCUT2D eigenvalue weighted by molar-refractivity contribution is 7.92. The smallest absolute Gasteiger partial charge is 0.235 e. The highest BCUT2D eigenvalue weighted by Gasteiger charge is 2.20. The summed E-state index contributed by atoms with van der Waals surface area (Å²) in [6, 6.07) is 13.3. The van der Waals surface area contributed by atoms with Gasteiger partial charge in [0.2, 0.25) is 15.9 Å². The molecule has 0 heterocycles. The average molecular weight is 387 g/mol. The summed E-state index contributed by atoms with van der Waals surface area (Å²) in [5, 5.41) is 3.32. The molecule has 0 aliphatic carbocycles. The maximum Gasteiger partial charge on any atom is 0.235 e. The van der Waals surface area contributed by atoms with Crippen LogP contribution in [0, 0.1) is 0 Å². The monoisotopic (exact) mass is 386 g/mol. The van der Waals surface area contributed by atoms with Crippen LogP contribution in [0.2, 0.25) is 10.0 Å². The van der Waals surface area contributed by atoms with Crippen molar-refractivity contribution in [2.75, 3.05) is 22.4 Å². The third kappa shape index (κ3) is 4.87. The molecule has 2 aromatic rings. The first kappa shape index (κ1) is 18.6. The van der Waals surface area contributed by atoms with Gasteiger partial charge in [-0.25, -0.2) is 8.42 Å². The number of nitrogens with zero attached hydrogens (tertiary/aromatic N) is 1. The Balaban J connectivity index is 1.99. The number of hydrogen-bond donors (Lipinski definition) is 1. The predicted molar refractivity (Wildman–Crippen MR) is 98.3 cm³/mol. The van der Waals surface area contributed by atoms with E-state index in [1.54, 1.807) is 42.5 Å². The van der Waals surface area contributed by atoms with Crippen molar-refractivity contribution in [3.8, 4) is 0 Å². The summed E-state index contributed by atoms with van der Waals surface area (Å²) in [5.74, 6) is -0.771. The number of benzene rings is 2. The van der Waals surface area contributed by atoms with Crippen molar-refractivity contribution < 1.29 is 13.2 Å². The van der Waals surface area contributed by atoms with E-state index in [2.05, 4.69) is 5.32 Å². The molecule has 1 amide bonds. The molecule has 0 aromatic heterocycles. The average Bonchev–Trinajstić information content (AvgIpc) is 2.56. The Labute approximate surface area is 151 Å². The van der Waals surface area contributed by atoms with Crippen molar-refractivity contribution in [2.45, 2.75) is 6.42 Å². The third-order valence-electron chi connectivity index (χ3n) is 3.33. The van der Waals surface area contributed by atoms with Crippen LogP contribution in [0.5, 0.6) is 0 Å². The molecule has 0 radical (unpaired) electrons. The van der Waals surface area contributed by atoms with Crippen LogP contribution in [0.15, 0.2) is 48.5 Å². The Bertz CT molecular complexity index is 826. The van der Waals surface area contributed by atoms with Crippen LogP contribution < -0.4 is 9.62 Å². The molecule has 0 bridgehead atoms. The number of carbonyl (C=O) groups is 1. The second-order valence-electron chi connectivity index (χ2n) is 5.04. The molecule has 8 heteroatoms. The van der Waals surface area contributed by atoms with E-state index >= 15 is 0 Å². The number of sulfonamides is 1. The van der Waals surface area contributed by atoms with Crippen molar-refractivity contribution in [3.63, 3.8) is 0 Å². The second-order valence-corrected chi connectivity index (χ2v) is 8.00. The van der Waals surface area contributed by atoms with Crippen LogP contribution in [-0.4, -0.2) is 27.1 Å². The molecule has 0 unspecified atom stereocenters. The number of carbonyl (C=O) groups excluding carboxylic acids is 1. The summed E-state index contributed by atoms with van der Waals surface area (Å²) < 4.78 is 25.8. The van der Waals surface area contributed by atoms with E-state index in [4.69, 9.17) is 23.2 Å². The lowest BCUT2D eigenvalue weighted by Gasteiger charge is -2.19. The molecule has 5 nitrogen and oxygen atoms in total. The highest BCUT2D eigenvalue weighted by Crippen LogP contribution is 2.25. The van der Waals surface area contributed by atoms with Gasteiger partial charge < -0.3 is 5.32 Å². The van der Waals surface area contributed by atoms with Gasteiger partial charge in [-0.15, -0.1) is 0 Å². The van der Waals surface area contributed by atoms with Crippen LogP contribution in [-0.2, 0) is 14.8 Å². The molecular weight excluding hydrogens is 371 g/mol. The number of rotatable bonds is 6. The van der Waals surface area contributed by atoms with Crippen LogP contribution in [0.3, 0.4) is 0 Å². The molecule has 0 fully saturated rings. The Morgan fingerprint density at radius 1 is 1.12 bits per heavy atom. The SMILES string of the molecule is CN(c1ccccc1)S(=O)(=O)CCC(=O)Nc1cc(Cl)ccc1Cl. The van der Waals surface area contributed by atoms with E-state index in [1.165, 1.54) is 13.1 Å². The Hall–Kier alpha value is -1.76. The van der Waals surface area contributed by atoms with Gasteiger partial charge in [0.05, 0.1) is 22.2 Å². The summed E-state index contributed by atoms with van der Waals surface area (Å²) in [4.78, 5) is 12.0. The fourth-order valence-electron chi connectivity index (χ4n) is 1.96. The maximum atomic E-state index is 12.3. The summed E-state index contributed by atoms with van der Waals surface area (Å²) in [7, 11) is -2.15. The van der Waals surface area contributed by atoms with Gasteiger partial charge in [0, 0.05) is 18.5 Å². The van der Waals surface area contributed by atoms with E-state index in [1.807, 2.05) is 0 Å². The molecule has 0 saturated carbocycles. The molecule has 2 aromatic carbocycles. The molecular formula is C16H16Cl2N2O3S. The van der Waals surface area contributed by atoms with Gasteiger partial charge in [-0.1, -0.05) is 41.4 Å². The molecule has 24 heavy (non-hydrogen) atoms. The number of amides is 1. The van der Waals surface area contributed by atoms with Gasteiger partial charge in [0.15, 0.2) is 0 Å². The number of hydrogen-bond acceptors (Lipinski definition) is 3. The Morgan fingerprint density at radius 3 is 2.46 bits per heavy atom. The number of anilines is 2. The van der Waals surface area contributed by atoms with Crippen molar-refractivity contribution in [3.05, 3.63) is 58.6 Å². The highest BCUT2D eigenvalue weighted by atomic mass is 35.5. The number of halogens is 2. The summed E-state index contributed by atoms with van der Waals surface area (Å²) >= 11 is 11.8. The topological polar surface area (TPSA) is 66.5 Å². The molecule has 128 valence electrons.